The molecule has 2 unspecified atom stereocenters. The standard InChI is InChI=1S/C18H28N6S/c1-19-18(20-10-14-11-22-24(3)13-14)21-12-15-6-4-8-23(2)17(15)16-7-5-9-25-16/h5,7,9,11,13,15,17H,4,6,8,10,12H2,1-3H3,(H2,19,20,21). The number of aliphatic imine (C=N–C) groups is 1. The lowest BCUT2D eigenvalue weighted by molar-refractivity contribution is 0.125. The zero-order valence-electron chi connectivity index (χ0n) is 15.3. The Bertz CT molecular complexity index is 678. The smallest absolute Gasteiger partial charge is 0.191 e. The van der Waals surface area contributed by atoms with Crippen LogP contribution in [-0.2, 0) is 13.6 Å². The van der Waals surface area contributed by atoms with E-state index < -0.39 is 0 Å². The van der Waals surface area contributed by atoms with Crippen LogP contribution >= 0.6 is 11.3 Å². The molecule has 1 saturated heterocycles. The van der Waals surface area contributed by atoms with Crippen LogP contribution in [0.5, 0.6) is 0 Å². The third-order valence-corrected chi connectivity index (χ3v) is 5.76. The van der Waals surface area contributed by atoms with Crippen LogP contribution in [0.4, 0.5) is 0 Å². The Labute approximate surface area is 153 Å². The highest BCUT2D eigenvalue weighted by atomic mass is 32.1. The number of aromatic nitrogens is 2. The van der Waals surface area contributed by atoms with E-state index in [-0.39, 0.29) is 0 Å². The van der Waals surface area contributed by atoms with Crippen molar-refractivity contribution in [3.8, 4) is 0 Å². The first kappa shape index (κ1) is 17.9. The maximum Gasteiger partial charge on any atom is 0.191 e. The minimum atomic E-state index is 0.498. The van der Waals surface area contributed by atoms with Gasteiger partial charge in [-0.05, 0) is 43.8 Å². The normalized spacial score (nSPS) is 22.1. The van der Waals surface area contributed by atoms with E-state index in [1.807, 2.05) is 42.5 Å². The van der Waals surface area contributed by atoms with Gasteiger partial charge < -0.3 is 10.6 Å². The van der Waals surface area contributed by atoms with E-state index in [0.29, 0.717) is 12.0 Å². The summed E-state index contributed by atoms with van der Waals surface area (Å²) in [6.45, 7) is 2.83. The molecule has 2 aromatic heterocycles. The second-order valence-electron chi connectivity index (χ2n) is 6.67. The molecule has 2 aromatic rings. The monoisotopic (exact) mass is 360 g/mol. The van der Waals surface area contributed by atoms with Crippen molar-refractivity contribution in [2.24, 2.45) is 18.0 Å². The van der Waals surface area contributed by atoms with Crippen molar-refractivity contribution in [2.45, 2.75) is 25.4 Å². The average molecular weight is 361 g/mol. The highest BCUT2D eigenvalue weighted by Crippen LogP contribution is 2.36. The van der Waals surface area contributed by atoms with E-state index in [2.05, 4.69) is 50.2 Å². The minimum Gasteiger partial charge on any atom is -0.356 e. The number of piperidine rings is 1. The van der Waals surface area contributed by atoms with E-state index in [4.69, 9.17) is 0 Å². The lowest BCUT2D eigenvalue weighted by Gasteiger charge is -2.39. The van der Waals surface area contributed by atoms with Gasteiger partial charge in [0, 0.05) is 49.9 Å². The van der Waals surface area contributed by atoms with Crippen LogP contribution in [0.2, 0.25) is 0 Å². The zero-order chi connectivity index (χ0) is 17.6. The molecule has 3 heterocycles. The second-order valence-corrected chi connectivity index (χ2v) is 7.65. The summed E-state index contributed by atoms with van der Waals surface area (Å²) in [5.74, 6) is 1.44. The van der Waals surface area contributed by atoms with Crippen LogP contribution in [-0.4, -0.2) is 47.8 Å². The van der Waals surface area contributed by atoms with E-state index >= 15 is 0 Å². The van der Waals surface area contributed by atoms with Gasteiger partial charge in [-0.1, -0.05) is 6.07 Å². The molecule has 0 aromatic carbocycles. The molecule has 6 nitrogen and oxygen atoms in total. The number of nitrogens with one attached hydrogen (secondary N) is 2. The van der Waals surface area contributed by atoms with Gasteiger partial charge in [0.1, 0.15) is 0 Å². The SMILES string of the molecule is CN=C(NCc1cnn(C)c1)NCC1CCCN(C)C1c1cccs1. The van der Waals surface area contributed by atoms with Crippen LogP contribution in [0.3, 0.4) is 0 Å². The summed E-state index contributed by atoms with van der Waals surface area (Å²) in [5, 5.41) is 13.3. The van der Waals surface area contributed by atoms with Crippen LogP contribution in [0.25, 0.3) is 0 Å². The molecule has 0 saturated carbocycles. The summed E-state index contributed by atoms with van der Waals surface area (Å²) in [4.78, 5) is 8.32. The minimum absolute atomic E-state index is 0.498. The number of hydrogen-bond donors (Lipinski definition) is 2. The number of nitrogens with zero attached hydrogens (tertiary/aromatic N) is 4. The number of thiophene rings is 1. The summed E-state index contributed by atoms with van der Waals surface area (Å²) < 4.78 is 1.82. The molecule has 2 N–H and O–H groups in total. The van der Waals surface area contributed by atoms with Crippen molar-refractivity contribution < 1.29 is 0 Å². The highest BCUT2D eigenvalue weighted by Gasteiger charge is 2.31. The first-order valence-electron chi connectivity index (χ1n) is 8.83. The van der Waals surface area contributed by atoms with Crippen LogP contribution in [0.15, 0.2) is 34.9 Å². The number of aryl methyl sites for hydroxylation is 1. The van der Waals surface area contributed by atoms with Gasteiger partial charge in [0.25, 0.3) is 0 Å². The molecule has 2 atom stereocenters. The van der Waals surface area contributed by atoms with Gasteiger partial charge in [-0.15, -0.1) is 11.3 Å². The molecule has 3 rings (SSSR count). The van der Waals surface area contributed by atoms with Crippen LogP contribution in [0, 0.1) is 5.92 Å². The van der Waals surface area contributed by atoms with Gasteiger partial charge in [-0.25, -0.2) is 0 Å². The lowest BCUT2D eigenvalue weighted by Crippen LogP contribution is -2.44. The molecule has 0 amide bonds. The van der Waals surface area contributed by atoms with Crippen molar-refractivity contribution >= 4 is 17.3 Å². The number of rotatable bonds is 5. The third kappa shape index (κ3) is 4.61. The Morgan fingerprint density at radius 2 is 2.28 bits per heavy atom. The fourth-order valence-electron chi connectivity index (χ4n) is 3.58. The summed E-state index contributed by atoms with van der Waals surface area (Å²) in [7, 11) is 6.00. The fraction of sp³-hybridized carbons (Fsp3) is 0.556. The molecular weight excluding hydrogens is 332 g/mol. The predicted molar refractivity (Wildman–Crippen MR) is 104 cm³/mol. The quantitative estimate of drug-likeness (QED) is 0.634. The van der Waals surface area contributed by atoms with Crippen molar-refractivity contribution in [1.82, 2.24) is 25.3 Å². The van der Waals surface area contributed by atoms with Gasteiger partial charge in [0.15, 0.2) is 5.96 Å². The molecule has 1 aliphatic heterocycles. The summed E-state index contributed by atoms with van der Waals surface area (Å²) in [5.41, 5.74) is 1.15. The Morgan fingerprint density at radius 3 is 2.96 bits per heavy atom. The molecule has 0 spiro atoms. The van der Waals surface area contributed by atoms with Gasteiger partial charge in [0.05, 0.1) is 6.20 Å². The fourth-order valence-corrected chi connectivity index (χ4v) is 4.56. The molecule has 1 fully saturated rings. The Hall–Kier alpha value is -1.86. The molecule has 136 valence electrons. The second kappa shape index (κ2) is 8.49. The zero-order valence-corrected chi connectivity index (χ0v) is 16.1. The lowest BCUT2D eigenvalue weighted by atomic mass is 9.88. The van der Waals surface area contributed by atoms with Gasteiger partial charge in [0.2, 0.25) is 0 Å². The van der Waals surface area contributed by atoms with Crippen molar-refractivity contribution in [3.05, 3.63) is 40.3 Å². The summed E-state index contributed by atoms with van der Waals surface area (Å²) >= 11 is 1.86. The van der Waals surface area contributed by atoms with Gasteiger partial charge in [-0.3, -0.25) is 14.6 Å². The van der Waals surface area contributed by atoms with E-state index in [1.165, 1.54) is 24.3 Å². The number of likely N-dealkylation sites (tertiary alicyclic amines) is 1. The topological polar surface area (TPSA) is 57.5 Å². The first-order valence-corrected chi connectivity index (χ1v) is 9.71. The number of hydrogen-bond acceptors (Lipinski definition) is 4. The molecular formula is C18H28N6S. The molecule has 0 radical (unpaired) electrons. The summed E-state index contributed by atoms with van der Waals surface area (Å²) in [6.07, 6.45) is 6.40. The van der Waals surface area contributed by atoms with Gasteiger partial charge >= 0.3 is 0 Å². The number of guanidine groups is 1. The maximum absolute atomic E-state index is 4.36. The maximum atomic E-state index is 4.36. The van der Waals surface area contributed by atoms with Crippen LogP contribution < -0.4 is 10.6 Å². The Balaban J connectivity index is 1.56. The van der Waals surface area contributed by atoms with Crippen molar-refractivity contribution in [2.75, 3.05) is 27.2 Å². The van der Waals surface area contributed by atoms with E-state index in [0.717, 1.165) is 24.6 Å². The third-order valence-electron chi connectivity index (χ3n) is 4.82. The van der Waals surface area contributed by atoms with Crippen molar-refractivity contribution in [3.63, 3.8) is 0 Å². The van der Waals surface area contributed by atoms with E-state index in [9.17, 15) is 0 Å². The molecule has 0 bridgehead atoms. The first-order chi connectivity index (χ1) is 12.2. The van der Waals surface area contributed by atoms with Crippen LogP contribution in [0.1, 0.15) is 29.3 Å². The van der Waals surface area contributed by atoms with Gasteiger partial charge in [-0.2, -0.15) is 5.10 Å². The Kier molecular flexibility index (Phi) is 6.09. The molecule has 1 aliphatic rings. The molecule has 25 heavy (non-hydrogen) atoms. The average Bonchev–Trinajstić information content (AvgIpc) is 3.27. The largest absolute Gasteiger partial charge is 0.356 e. The molecule has 0 aliphatic carbocycles. The van der Waals surface area contributed by atoms with E-state index in [1.54, 1.807) is 0 Å². The van der Waals surface area contributed by atoms with Crippen molar-refractivity contribution in [1.29, 1.82) is 0 Å². The molecule has 7 heteroatoms. The highest BCUT2D eigenvalue weighted by molar-refractivity contribution is 7.10. The predicted octanol–water partition coefficient (Wildman–Crippen LogP) is 2.23. The Morgan fingerprint density at radius 1 is 1.40 bits per heavy atom. The summed E-state index contributed by atoms with van der Waals surface area (Å²) in [6, 6.07) is 4.92.